The first-order valence-electron chi connectivity index (χ1n) is 5.34. The van der Waals surface area contributed by atoms with Gasteiger partial charge in [0.05, 0.1) is 6.04 Å². The molecule has 1 fully saturated rings. The van der Waals surface area contributed by atoms with Crippen LogP contribution in [0.2, 0.25) is 0 Å². The summed E-state index contributed by atoms with van der Waals surface area (Å²) < 4.78 is 2.09. The molecule has 0 N–H and O–H groups in total. The molecule has 3 rings (SSSR count). The SMILES string of the molecule is CN1CCC[C@@H]1c1ccnc2nccn12. The van der Waals surface area contributed by atoms with Crippen LogP contribution in [0.15, 0.2) is 24.7 Å². The van der Waals surface area contributed by atoms with Crippen LogP contribution in [-0.2, 0) is 0 Å². The molecule has 0 aliphatic carbocycles. The summed E-state index contributed by atoms with van der Waals surface area (Å²) >= 11 is 0. The Morgan fingerprint density at radius 3 is 3.00 bits per heavy atom. The highest BCUT2D eigenvalue weighted by Gasteiger charge is 2.24. The van der Waals surface area contributed by atoms with Crippen molar-refractivity contribution in [3.05, 3.63) is 30.4 Å². The van der Waals surface area contributed by atoms with Gasteiger partial charge in [-0.2, -0.15) is 0 Å². The highest BCUT2D eigenvalue weighted by Crippen LogP contribution is 2.29. The van der Waals surface area contributed by atoms with Gasteiger partial charge in [-0.25, -0.2) is 9.97 Å². The van der Waals surface area contributed by atoms with Crippen LogP contribution in [-0.4, -0.2) is 32.9 Å². The second kappa shape index (κ2) is 3.31. The summed E-state index contributed by atoms with van der Waals surface area (Å²) in [5.41, 5.74) is 1.30. The molecule has 1 saturated heterocycles. The molecule has 3 heterocycles. The molecule has 4 heteroatoms. The van der Waals surface area contributed by atoms with Crippen LogP contribution in [0, 0.1) is 0 Å². The smallest absolute Gasteiger partial charge is 0.233 e. The number of hydrogen-bond acceptors (Lipinski definition) is 3. The lowest BCUT2D eigenvalue weighted by molar-refractivity contribution is 0.310. The molecule has 0 unspecified atom stereocenters. The van der Waals surface area contributed by atoms with E-state index in [9.17, 15) is 0 Å². The first-order valence-corrected chi connectivity index (χ1v) is 5.34. The lowest BCUT2D eigenvalue weighted by atomic mass is 10.1. The molecule has 0 bridgehead atoms. The highest BCUT2D eigenvalue weighted by molar-refractivity contribution is 5.31. The van der Waals surface area contributed by atoms with E-state index in [-0.39, 0.29) is 0 Å². The third-order valence-corrected chi connectivity index (χ3v) is 3.20. The monoisotopic (exact) mass is 202 g/mol. The van der Waals surface area contributed by atoms with E-state index in [0.717, 1.165) is 5.78 Å². The molecular formula is C11H14N4. The first-order chi connectivity index (χ1) is 7.36. The van der Waals surface area contributed by atoms with Crippen LogP contribution < -0.4 is 0 Å². The van der Waals surface area contributed by atoms with Crippen molar-refractivity contribution in [2.45, 2.75) is 18.9 Å². The molecule has 0 spiro atoms. The van der Waals surface area contributed by atoms with Crippen molar-refractivity contribution in [2.75, 3.05) is 13.6 Å². The first kappa shape index (κ1) is 8.85. The van der Waals surface area contributed by atoms with Crippen molar-refractivity contribution >= 4 is 5.78 Å². The summed E-state index contributed by atoms with van der Waals surface area (Å²) in [4.78, 5) is 10.8. The molecule has 0 amide bonds. The zero-order valence-electron chi connectivity index (χ0n) is 8.80. The van der Waals surface area contributed by atoms with Gasteiger partial charge in [-0.1, -0.05) is 0 Å². The van der Waals surface area contributed by atoms with E-state index in [1.54, 1.807) is 6.20 Å². The van der Waals surface area contributed by atoms with Crippen LogP contribution in [0.25, 0.3) is 5.78 Å². The third-order valence-electron chi connectivity index (χ3n) is 3.20. The molecule has 0 aromatic carbocycles. The lowest BCUT2D eigenvalue weighted by Gasteiger charge is -2.20. The van der Waals surface area contributed by atoms with Crippen molar-refractivity contribution < 1.29 is 0 Å². The Kier molecular flexibility index (Phi) is 1.95. The van der Waals surface area contributed by atoms with Gasteiger partial charge < -0.3 is 0 Å². The third kappa shape index (κ3) is 1.33. The maximum Gasteiger partial charge on any atom is 0.233 e. The lowest BCUT2D eigenvalue weighted by Crippen LogP contribution is -2.19. The number of nitrogens with zero attached hydrogens (tertiary/aromatic N) is 4. The second-order valence-electron chi connectivity index (χ2n) is 4.11. The summed E-state index contributed by atoms with van der Waals surface area (Å²) in [6, 6.07) is 2.62. The standard InChI is InChI=1S/C11H14N4/c1-14-7-2-3-9(14)10-4-5-12-11-13-6-8-15(10)11/h4-6,8-9H,2-3,7H2,1H3/t9-/m1/s1. The van der Waals surface area contributed by atoms with Gasteiger partial charge in [0.1, 0.15) is 0 Å². The van der Waals surface area contributed by atoms with Crippen LogP contribution in [0.1, 0.15) is 24.6 Å². The van der Waals surface area contributed by atoms with E-state index >= 15 is 0 Å². The largest absolute Gasteiger partial charge is 0.298 e. The molecule has 0 radical (unpaired) electrons. The Morgan fingerprint density at radius 1 is 1.33 bits per heavy atom. The molecule has 4 nitrogen and oxygen atoms in total. The molecule has 1 atom stereocenters. The quantitative estimate of drug-likeness (QED) is 0.702. The summed E-state index contributed by atoms with van der Waals surface area (Å²) in [6.45, 7) is 1.18. The Balaban J connectivity index is 2.13. The molecule has 1 aliphatic heterocycles. The molecule has 15 heavy (non-hydrogen) atoms. The van der Waals surface area contributed by atoms with Gasteiger partial charge in [-0.3, -0.25) is 9.30 Å². The maximum atomic E-state index is 4.23. The predicted molar refractivity (Wildman–Crippen MR) is 57.6 cm³/mol. The molecule has 0 saturated carbocycles. The number of imidazole rings is 1. The van der Waals surface area contributed by atoms with E-state index in [4.69, 9.17) is 0 Å². The zero-order valence-corrected chi connectivity index (χ0v) is 8.80. The summed E-state index contributed by atoms with van der Waals surface area (Å²) in [5, 5.41) is 0. The number of hydrogen-bond donors (Lipinski definition) is 0. The van der Waals surface area contributed by atoms with Crippen LogP contribution in [0.4, 0.5) is 0 Å². The van der Waals surface area contributed by atoms with E-state index in [1.807, 2.05) is 12.4 Å². The van der Waals surface area contributed by atoms with Gasteiger partial charge in [0.25, 0.3) is 0 Å². The summed E-state index contributed by atoms with van der Waals surface area (Å²) in [7, 11) is 2.18. The minimum Gasteiger partial charge on any atom is -0.298 e. The van der Waals surface area contributed by atoms with E-state index in [2.05, 4.69) is 32.4 Å². The Labute approximate surface area is 88.6 Å². The minimum absolute atomic E-state index is 0.518. The molecule has 2 aromatic rings. The molecular weight excluding hydrogens is 188 g/mol. The van der Waals surface area contributed by atoms with Gasteiger partial charge in [0.2, 0.25) is 5.78 Å². The van der Waals surface area contributed by atoms with Crippen molar-refractivity contribution in [3.8, 4) is 0 Å². The Hall–Kier alpha value is -1.42. The summed E-state index contributed by atoms with van der Waals surface area (Å²) in [5.74, 6) is 0.799. The number of likely N-dealkylation sites (tertiary alicyclic amines) is 1. The second-order valence-corrected chi connectivity index (χ2v) is 4.11. The number of rotatable bonds is 1. The number of aromatic nitrogens is 3. The van der Waals surface area contributed by atoms with E-state index < -0.39 is 0 Å². The predicted octanol–water partition coefficient (Wildman–Crippen LogP) is 1.50. The Bertz CT molecular complexity index is 476. The normalized spacial score (nSPS) is 22.6. The average molecular weight is 202 g/mol. The highest BCUT2D eigenvalue weighted by atomic mass is 15.2. The van der Waals surface area contributed by atoms with Gasteiger partial charge >= 0.3 is 0 Å². The van der Waals surface area contributed by atoms with Crippen LogP contribution in [0.5, 0.6) is 0 Å². The van der Waals surface area contributed by atoms with Gasteiger partial charge in [0, 0.05) is 24.3 Å². The van der Waals surface area contributed by atoms with Crippen LogP contribution in [0.3, 0.4) is 0 Å². The van der Waals surface area contributed by atoms with E-state index in [0.29, 0.717) is 6.04 Å². The topological polar surface area (TPSA) is 33.4 Å². The van der Waals surface area contributed by atoms with Gasteiger partial charge in [-0.05, 0) is 32.5 Å². The van der Waals surface area contributed by atoms with Crippen molar-refractivity contribution in [2.24, 2.45) is 0 Å². The zero-order chi connectivity index (χ0) is 10.3. The van der Waals surface area contributed by atoms with Crippen molar-refractivity contribution in [1.82, 2.24) is 19.3 Å². The van der Waals surface area contributed by atoms with Crippen molar-refractivity contribution in [3.63, 3.8) is 0 Å². The fourth-order valence-corrected chi connectivity index (χ4v) is 2.41. The Morgan fingerprint density at radius 2 is 2.20 bits per heavy atom. The van der Waals surface area contributed by atoms with Gasteiger partial charge in [-0.15, -0.1) is 0 Å². The fraction of sp³-hybridized carbons (Fsp3) is 0.455. The summed E-state index contributed by atoms with van der Waals surface area (Å²) in [6.07, 6.45) is 8.15. The van der Waals surface area contributed by atoms with E-state index in [1.165, 1.54) is 25.1 Å². The molecule has 1 aliphatic rings. The molecule has 2 aromatic heterocycles. The molecule has 78 valence electrons. The van der Waals surface area contributed by atoms with Crippen molar-refractivity contribution in [1.29, 1.82) is 0 Å². The maximum absolute atomic E-state index is 4.23. The average Bonchev–Trinajstić information content (AvgIpc) is 2.85. The van der Waals surface area contributed by atoms with Crippen LogP contribution >= 0.6 is 0 Å². The number of fused-ring (bicyclic) bond motifs is 1. The fourth-order valence-electron chi connectivity index (χ4n) is 2.41. The van der Waals surface area contributed by atoms with Gasteiger partial charge in [0.15, 0.2) is 0 Å². The minimum atomic E-state index is 0.518.